The van der Waals surface area contributed by atoms with Gasteiger partial charge in [0, 0.05) is 0 Å². The van der Waals surface area contributed by atoms with Crippen LogP contribution >= 0.6 is 0 Å². The molecule has 0 radical (unpaired) electrons. The molecule has 0 bridgehead atoms. The molecule has 0 saturated carbocycles. The van der Waals surface area contributed by atoms with Crippen LogP contribution < -0.4 is 0 Å². The van der Waals surface area contributed by atoms with Crippen LogP contribution in [0.15, 0.2) is 36.9 Å². The summed E-state index contributed by atoms with van der Waals surface area (Å²) in [6.07, 6.45) is 8.07. The molecule has 0 aliphatic heterocycles. The van der Waals surface area contributed by atoms with Crippen LogP contribution in [-0.2, 0) is 6.42 Å². The van der Waals surface area contributed by atoms with E-state index in [0.29, 0.717) is 5.75 Å². The first kappa shape index (κ1) is 15.8. The van der Waals surface area contributed by atoms with Crippen molar-refractivity contribution < 1.29 is 5.11 Å². The number of aromatic hydroxyl groups is 1. The fourth-order valence-electron chi connectivity index (χ4n) is 2.34. The number of rotatable bonds is 8. The third-order valence-electron chi connectivity index (χ3n) is 3.94. The molecule has 1 heteroatoms. The number of phenolic OH excluding ortho intramolecular Hbond substituents is 1. The van der Waals surface area contributed by atoms with Gasteiger partial charge in [-0.2, -0.15) is 0 Å². The summed E-state index contributed by atoms with van der Waals surface area (Å²) in [6, 6.07) is 7.54. The average Bonchev–Trinajstić information content (AvgIpc) is 2.38. The van der Waals surface area contributed by atoms with Crippen LogP contribution in [0.25, 0.3) is 0 Å². The van der Waals surface area contributed by atoms with Gasteiger partial charge in [0.2, 0.25) is 0 Å². The third kappa shape index (κ3) is 5.96. The Hall–Kier alpha value is -1.24. The van der Waals surface area contributed by atoms with Gasteiger partial charge >= 0.3 is 0 Å². The second kappa shape index (κ2) is 7.37. The maximum Gasteiger partial charge on any atom is 0.115 e. The molecule has 1 aromatic rings. The Kier molecular flexibility index (Phi) is 6.14. The quantitative estimate of drug-likeness (QED) is 0.625. The van der Waals surface area contributed by atoms with Crippen molar-refractivity contribution in [3.8, 4) is 5.75 Å². The molecule has 1 nitrogen and oxygen atoms in total. The van der Waals surface area contributed by atoms with Crippen LogP contribution in [0, 0.1) is 11.3 Å². The molecule has 0 aromatic heterocycles. The Morgan fingerprint density at radius 2 is 1.84 bits per heavy atom. The Balaban J connectivity index is 2.46. The van der Waals surface area contributed by atoms with Crippen molar-refractivity contribution in [3.05, 3.63) is 42.5 Å². The van der Waals surface area contributed by atoms with Crippen molar-refractivity contribution in [2.45, 2.75) is 52.9 Å². The van der Waals surface area contributed by atoms with Crippen molar-refractivity contribution in [2.24, 2.45) is 11.3 Å². The van der Waals surface area contributed by atoms with Crippen LogP contribution in [0.1, 0.15) is 52.0 Å². The lowest BCUT2D eigenvalue weighted by atomic mass is 9.79. The zero-order valence-electron chi connectivity index (χ0n) is 12.7. The maximum atomic E-state index is 9.28. The SMILES string of the molecule is C=C[C@](C)(CCCC(C)C)CCc1ccc(O)cc1. The summed E-state index contributed by atoms with van der Waals surface area (Å²) in [5.41, 5.74) is 1.52. The standard InChI is InChI=1S/C18H28O/c1-5-18(4,13-6-7-15(2)3)14-12-16-8-10-17(19)11-9-16/h5,8-11,15,19H,1,6-7,12-14H2,2-4H3/t18-/m1/s1. The van der Waals surface area contributed by atoms with E-state index in [2.05, 4.69) is 33.4 Å². The third-order valence-corrected chi connectivity index (χ3v) is 3.94. The van der Waals surface area contributed by atoms with Gasteiger partial charge in [0.05, 0.1) is 0 Å². The van der Waals surface area contributed by atoms with E-state index in [1.165, 1.54) is 24.8 Å². The Morgan fingerprint density at radius 1 is 1.21 bits per heavy atom. The van der Waals surface area contributed by atoms with Crippen LogP contribution in [-0.4, -0.2) is 5.11 Å². The van der Waals surface area contributed by atoms with E-state index >= 15 is 0 Å². The number of aryl methyl sites for hydroxylation is 1. The first-order valence-corrected chi connectivity index (χ1v) is 7.37. The summed E-state index contributed by atoms with van der Waals surface area (Å²) in [6.45, 7) is 10.9. The van der Waals surface area contributed by atoms with E-state index < -0.39 is 0 Å². The minimum atomic E-state index is 0.229. The van der Waals surface area contributed by atoms with Crippen molar-refractivity contribution in [1.82, 2.24) is 0 Å². The molecule has 0 unspecified atom stereocenters. The second-order valence-electron chi connectivity index (χ2n) is 6.31. The molecule has 0 spiro atoms. The van der Waals surface area contributed by atoms with Gasteiger partial charge in [-0.25, -0.2) is 0 Å². The highest BCUT2D eigenvalue weighted by molar-refractivity contribution is 5.26. The topological polar surface area (TPSA) is 20.2 Å². The molecule has 1 N–H and O–H groups in total. The molecule has 0 amide bonds. The van der Waals surface area contributed by atoms with Crippen molar-refractivity contribution >= 4 is 0 Å². The predicted molar refractivity (Wildman–Crippen MR) is 83.4 cm³/mol. The molecule has 0 heterocycles. The predicted octanol–water partition coefficient (Wildman–Crippen LogP) is 5.34. The van der Waals surface area contributed by atoms with Crippen LogP contribution in [0.2, 0.25) is 0 Å². The number of allylic oxidation sites excluding steroid dienone is 1. The number of benzene rings is 1. The van der Waals surface area contributed by atoms with E-state index in [9.17, 15) is 5.11 Å². The summed E-state index contributed by atoms with van der Waals surface area (Å²) in [5.74, 6) is 1.12. The molecule has 0 fully saturated rings. The molecule has 0 saturated heterocycles. The summed E-state index contributed by atoms with van der Waals surface area (Å²) in [7, 11) is 0. The molecule has 106 valence electrons. The van der Waals surface area contributed by atoms with Gasteiger partial charge < -0.3 is 5.11 Å². The minimum absolute atomic E-state index is 0.229. The van der Waals surface area contributed by atoms with Gasteiger partial charge in [0.25, 0.3) is 0 Å². The lowest BCUT2D eigenvalue weighted by Crippen LogP contribution is -2.14. The zero-order valence-corrected chi connectivity index (χ0v) is 12.7. The number of hydrogen-bond donors (Lipinski definition) is 1. The molecule has 0 aliphatic carbocycles. The fraction of sp³-hybridized carbons (Fsp3) is 0.556. The minimum Gasteiger partial charge on any atom is -0.508 e. The highest BCUT2D eigenvalue weighted by atomic mass is 16.3. The normalized spacial score (nSPS) is 14.3. The van der Waals surface area contributed by atoms with Crippen molar-refractivity contribution in [1.29, 1.82) is 0 Å². The molecule has 0 aliphatic rings. The molecular weight excluding hydrogens is 232 g/mol. The fourth-order valence-corrected chi connectivity index (χ4v) is 2.34. The second-order valence-corrected chi connectivity index (χ2v) is 6.31. The first-order valence-electron chi connectivity index (χ1n) is 7.37. The van der Waals surface area contributed by atoms with Gasteiger partial charge in [-0.15, -0.1) is 6.58 Å². The van der Waals surface area contributed by atoms with Gasteiger partial charge in [0.1, 0.15) is 5.75 Å². The van der Waals surface area contributed by atoms with Gasteiger partial charge in [-0.1, -0.05) is 51.8 Å². The largest absolute Gasteiger partial charge is 0.508 e. The van der Waals surface area contributed by atoms with Gasteiger partial charge in [-0.3, -0.25) is 0 Å². The first-order chi connectivity index (χ1) is 8.95. The lowest BCUT2D eigenvalue weighted by Gasteiger charge is -2.26. The van der Waals surface area contributed by atoms with E-state index in [4.69, 9.17) is 0 Å². The van der Waals surface area contributed by atoms with Crippen molar-refractivity contribution in [3.63, 3.8) is 0 Å². The Bertz CT molecular complexity index is 377. The van der Waals surface area contributed by atoms with E-state index in [-0.39, 0.29) is 5.41 Å². The number of phenols is 1. The zero-order chi connectivity index (χ0) is 14.3. The summed E-state index contributed by atoms with van der Waals surface area (Å²) < 4.78 is 0. The van der Waals surface area contributed by atoms with E-state index in [1.807, 2.05) is 12.1 Å². The molecule has 1 aromatic carbocycles. The Labute approximate surface area is 118 Å². The van der Waals surface area contributed by atoms with Crippen LogP contribution in [0.3, 0.4) is 0 Å². The van der Waals surface area contributed by atoms with E-state index in [1.54, 1.807) is 12.1 Å². The molecular formula is C18H28O. The van der Waals surface area contributed by atoms with E-state index in [0.717, 1.165) is 18.8 Å². The smallest absolute Gasteiger partial charge is 0.115 e. The molecule has 1 atom stereocenters. The number of hydrogen-bond acceptors (Lipinski definition) is 1. The van der Waals surface area contributed by atoms with Crippen LogP contribution in [0.4, 0.5) is 0 Å². The molecule has 1 rings (SSSR count). The van der Waals surface area contributed by atoms with Gasteiger partial charge in [-0.05, 0) is 48.3 Å². The highest BCUT2D eigenvalue weighted by Crippen LogP contribution is 2.32. The summed E-state index contributed by atoms with van der Waals surface area (Å²) >= 11 is 0. The lowest BCUT2D eigenvalue weighted by molar-refractivity contribution is 0.335. The van der Waals surface area contributed by atoms with Crippen molar-refractivity contribution in [2.75, 3.05) is 0 Å². The van der Waals surface area contributed by atoms with Gasteiger partial charge in [0.15, 0.2) is 0 Å². The summed E-state index contributed by atoms with van der Waals surface area (Å²) in [4.78, 5) is 0. The monoisotopic (exact) mass is 260 g/mol. The summed E-state index contributed by atoms with van der Waals surface area (Å²) in [5, 5.41) is 9.28. The average molecular weight is 260 g/mol. The van der Waals surface area contributed by atoms with Crippen LogP contribution in [0.5, 0.6) is 5.75 Å². The maximum absolute atomic E-state index is 9.28. The molecule has 19 heavy (non-hydrogen) atoms. The Morgan fingerprint density at radius 3 is 2.37 bits per heavy atom. The highest BCUT2D eigenvalue weighted by Gasteiger charge is 2.19.